The number of carbonyl (C=O) groups excluding carboxylic acids is 1. The summed E-state index contributed by atoms with van der Waals surface area (Å²) in [6.07, 6.45) is 2.17. The molecule has 0 fully saturated rings. The number of carbonyl (C=O) groups is 1. The number of hydrogen-bond acceptors (Lipinski definition) is 2. The molecule has 1 aromatic carbocycles. The molecule has 0 aliphatic rings. The number of aryl methyl sites for hydroxylation is 1. The SMILES string of the molecule is Cc1ccc(-c2cccc(F)c2C=O)cn1. The van der Waals surface area contributed by atoms with E-state index < -0.39 is 5.82 Å². The van der Waals surface area contributed by atoms with Gasteiger partial charge in [0.1, 0.15) is 5.82 Å². The molecule has 2 nitrogen and oxygen atoms in total. The van der Waals surface area contributed by atoms with E-state index in [0.29, 0.717) is 11.8 Å². The zero-order valence-electron chi connectivity index (χ0n) is 8.77. The third-order valence-electron chi connectivity index (χ3n) is 2.39. The Morgan fingerprint density at radius 2 is 2.06 bits per heavy atom. The Hall–Kier alpha value is -2.03. The maximum absolute atomic E-state index is 13.4. The van der Waals surface area contributed by atoms with Crippen LogP contribution in [-0.4, -0.2) is 11.3 Å². The fraction of sp³-hybridized carbons (Fsp3) is 0.0769. The summed E-state index contributed by atoms with van der Waals surface area (Å²) in [6, 6.07) is 8.21. The van der Waals surface area contributed by atoms with E-state index in [-0.39, 0.29) is 5.56 Å². The first-order valence-electron chi connectivity index (χ1n) is 4.89. The van der Waals surface area contributed by atoms with E-state index in [0.717, 1.165) is 11.3 Å². The highest BCUT2D eigenvalue weighted by atomic mass is 19.1. The molecule has 0 spiro atoms. The lowest BCUT2D eigenvalue weighted by molar-refractivity contribution is 0.112. The predicted molar refractivity (Wildman–Crippen MR) is 59.8 cm³/mol. The van der Waals surface area contributed by atoms with Crippen molar-refractivity contribution in [3.8, 4) is 11.1 Å². The summed E-state index contributed by atoms with van der Waals surface area (Å²) in [5.41, 5.74) is 2.27. The summed E-state index contributed by atoms with van der Waals surface area (Å²) in [5, 5.41) is 0. The number of pyridine rings is 1. The molecule has 80 valence electrons. The molecule has 0 unspecified atom stereocenters. The molecule has 2 aromatic rings. The molecule has 16 heavy (non-hydrogen) atoms. The zero-order valence-corrected chi connectivity index (χ0v) is 8.77. The second-order valence-electron chi connectivity index (χ2n) is 3.51. The first-order valence-corrected chi connectivity index (χ1v) is 4.89. The second-order valence-corrected chi connectivity index (χ2v) is 3.51. The Morgan fingerprint density at radius 1 is 1.25 bits per heavy atom. The molecule has 0 saturated heterocycles. The van der Waals surface area contributed by atoms with Crippen LogP contribution >= 0.6 is 0 Å². The minimum absolute atomic E-state index is 0.0770. The Bertz CT molecular complexity index is 520. The highest BCUT2D eigenvalue weighted by molar-refractivity contribution is 5.87. The van der Waals surface area contributed by atoms with E-state index in [1.807, 2.05) is 19.1 Å². The van der Waals surface area contributed by atoms with Gasteiger partial charge in [0, 0.05) is 17.5 Å². The minimum atomic E-state index is -0.506. The van der Waals surface area contributed by atoms with Crippen LogP contribution in [-0.2, 0) is 0 Å². The third kappa shape index (κ3) is 1.84. The van der Waals surface area contributed by atoms with Crippen LogP contribution in [0.1, 0.15) is 16.1 Å². The molecule has 0 radical (unpaired) electrons. The van der Waals surface area contributed by atoms with E-state index in [1.165, 1.54) is 6.07 Å². The summed E-state index contributed by atoms with van der Waals surface area (Å²) >= 11 is 0. The highest BCUT2D eigenvalue weighted by Gasteiger charge is 2.08. The number of hydrogen-bond donors (Lipinski definition) is 0. The summed E-state index contributed by atoms with van der Waals surface area (Å²) in [5.74, 6) is -0.506. The molecule has 0 amide bonds. The van der Waals surface area contributed by atoms with Gasteiger partial charge in [0.05, 0.1) is 5.56 Å². The largest absolute Gasteiger partial charge is 0.298 e. The van der Waals surface area contributed by atoms with Gasteiger partial charge in [-0.2, -0.15) is 0 Å². The van der Waals surface area contributed by atoms with Crippen molar-refractivity contribution >= 4 is 6.29 Å². The molecule has 0 atom stereocenters. The van der Waals surface area contributed by atoms with Gasteiger partial charge in [-0.1, -0.05) is 18.2 Å². The molecule has 2 rings (SSSR count). The van der Waals surface area contributed by atoms with Crippen LogP contribution in [0, 0.1) is 12.7 Å². The van der Waals surface area contributed by atoms with Gasteiger partial charge in [-0.3, -0.25) is 9.78 Å². The maximum Gasteiger partial charge on any atom is 0.153 e. The summed E-state index contributed by atoms with van der Waals surface area (Å²) < 4.78 is 13.4. The summed E-state index contributed by atoms with van der Waals surface area (Å²) in [7, 11) is 0. The Morgan fingerprint density at radius 3 is 2.69 bits per heavy atom. The molecular formula is C13H10FNO. The van der Waals surface area contributed by atoms with Gasteiger partial charge in [-0.05, 0) is 24.6 Å². The lowest BCUT2D eigenvalue weighted by atomic mass is 10.0. The number of halogens is 1. The molecule has 1 aromatic heterocycles. The minimum Gasteiger partial charge on any atom is -0.298 e. The van der Waals surface area contributed by atoms with Gasteiger partial charge < -0.3 is 0 Å². The Kier molecular flexibility index (Phi) is 2.77. The monoisotopic (exact) mass is 215 g/mol. The van der Waals surface area contributed by atoms with E-state index in [2.05, 4.69) is 4.98 Å². The van der Waals surface area contributed by atoms with E-state index in [9.17, 15) is 9.18 Å². The molecule has 3 heteroatoms. The molecular weight excluding hydrogens is 205 g/mol. The Balaban J connectivity index is 2.59. The van der Waals surface area contributed by atoms with Crippen LogP contribution < -0.4 is 0 Å². The molecule has 0 N–H and O–H groups in total. The highest BCUT2D eigenvalue weighted by Crippen LogP contribution is 2.23. The summed E-state index contributed by atoms with van der Waals surface area (Å²) in [6.45, 7) is 1.87. The number of aromatic nitrogens is 1. The number of rotatable bonds is 2. The number of benzene rings is 1. The smallest absolute Gasteiger partial charge is 0.153 e. The van der Waals surface area contributed by atoms with E-state index in [4.69, 9.17) is 0 Å². The van der Waals surface area contributed by atoms with Crippen molar-refractivity contribution in [3.05, 3.63) is 53.6 Å². The van der Waals surface area contributed by atoms with Crippen LogP contribution in [0.25, 0.3) is 11.1 Å². The fourth-order valence-electron chi connectivity index (χ4n) is 1.54. The van der Waals surface area contributed by atoms with Crippen molar-refractivity contribution in [2.24, 2.45) is 0 Å². The molecule has 0 saturated carbocycles. The van der Waals surface area contributed by atoms with Crippen molar-refractivity contribution in [1.82, 2.24) is 4.98 Å². The first kappa shape index (κ1) is 10.5. The Labute approximate surface area is 92.8 Å². The van der Waals surface area contributed by atoms with Gasteiger partial charge in [-0.25, -0.2) is 4.39 Å². The average Bonchev–Trinajstić information content (AvgIpc) is 2.30. The van der Waals surface area contributed by atoms with Crippen molar-refractivity contribution in [2.45, 2.75) is 6.92 Å². The predicted octanol–water partition coefficient (Wildman–Crippen LogP) is 3.01. The van der Waals surface area contributed by atoms with Crippen molar-refractivity contribution in [3.63, 3.8) is 0 Å². The van der Waals surface area contributed by atoms with Crippen LogP contribution in [0.4, 0.5) is 4.39 Å². The third-order valence-corrected chi connectivity index (χ3v) is 2.39. The fourth-order valence-corrected chi connectivity index (χ4v) is 1.54. The van der Waals surface area contributed by atoms with Gasteiger partial charge in [0.25, 0.3) is 0 Å². The first-order chi connectivity index (χ1) is 7.72. The van der Waals surface area contributed by atoms with Crippen LogP contribution in [0.3, 0.4) is 0 Å². The van der Waals surface area contributed by atoms with Crippen molar-refractivity contribution in [2.75, 3.05) is 0 Å². The normalized spacial score (nSPS) is 10.1. The van der Waals surface area contributed by atoms with Gasteiger partial charge in [0.2, 0.25) is 0 Å². The number of nitrogens with zero attached hydrogens (tertiary/aromatic N) is 1. The van der Waals surface area contributed by atoms with Crippen LogP contribution in [0.5, 0.6) is 0 Å². The van der Waals surface area contributed by atoms with E-state index >= 15 is 0 Å². The standard InChI is InChI=1S/C13H10FNO/c1-9-5-6-10(7-15-9)11-3-2-4-13(14)12(11)8-16/h2-8H,1H3. The maximum atomic E-state index is 13.4. The lowest BCUT2D eigenvalue weighted by Gasteiger charge is -2.05. The number of aldehydes is 1. The second kappa shape index (κ2) is 4.23. The van der Waals surface area contributed by atoms with Crippen molar-refractivity contribution in [1.29, 1.82) is 0 Å². The van der Waals surface area contributed by atoms with Crippen molar-refractivity contribution < 1.29 is 9.18 Å². The van der Waals surface area contributed by atoms with Gasteiger partial charge in [-0.15, -0.1) is 0 Å². The quantitative estimate of drug-likeness (QED) is 0.721. The molecule has 0 aliphatic carbocycles. The van der Waals surface area contributed by atoms with Gasteiger partial charge >= 0.3 is 0 Å². The zero-order chi connectivity index (χ0) is 11.5. The molecule has 0 aliphatic heterocycles. The topological polar surface area (TPSA) is 30.0 Å². The van der Waals surface area contributed by atoms with E-state index in [1.54, 1.807) is 18.3 Å². The van der Waals surface area contributed by atoms with Crippen LogP contribution in [0.2, 0.25) is 0 Å². The average molecular weight is 215 g/mol. The molecule has 1 heterocycles. The van der Waals surface area contributed by atoms with Gasteiger partial charge in [0.15, 0.2) is 6.29 Å². The lowest BCUT2D eigenvalue weighted by Crippen LogP contribution is -1.93. The summed E-state index contributed by atoms with van der Waals surface area (Å²) in [4.78, 5) is 15.0. The molecule has 0 bridgehead atoms. The van der Waals surface area contributed by atoms with Crippen LogP contribution in [0.15, 0.2) is 36.5 Å².